The zero-order valence-electron chi connectivity index (χ0n) is 17.1. The smallest absolute Gasteiger partial charge is 0.262 e. The Bertz CT molecular complexity index is 1100. The minimum atomic E-state index is -0.581. The topological polar surface area (TPSA) is 81.1 Å². The Morgan fingerprint density at radius 3 is 2.50 bits per heavy atom. The van der Waals surface area contributed by atoms with Crippen molar-refractivity contribution >= 4 is 34.4 Å². The van der Waals surface area contributed by atoms with E-state index in [-0.39, 0.29) is 23.0 Å². The molecule has 156 valence electrons. The first-order valence-corrected chi connectivity index (χ1v) is 10.9. The van der Waals surface area contributed by atoms with E-state index in [1.165, 1.54) is 18.7 Å². The maximum atomic E-state index is 12.8. The predicted octanol–water partition coefficient (Wildman–Crippen LogP) is 3.22. The molecule has 1 amide bonds. The highest BCUT2D eigenvalue weighted by molar-refractivity contribution is 7.99. The summed E-state index contributed by atoms with van der Waals surface area (Å²) in [4.78, 5) is 42.0. The molecule has 0 saturated carbocycles. The number of benzene rings is 2. The molecule has 7 heteroatoms. The molecule has 0 radical (unpaired) electrons. The molecule has 30 heavy (non-hydrogen) atoms. The van der Waals surface area contributed by atoms with Gasteiger partial charge in [0.2, 0.25) is 5.91 Å². The number of carbonyl (C=O) groups is 2. The van der Waals surface area contributed by atoms with Gasteiger partial charge in [0.05, 0.1) is 22.7 Å². The van der Waals surface area contributed by atoms with Gasteiger partial charge in [-0.2, -0.15) is 0 Å². The zero-order chi connectivity index (χ0) is 21.5. The van der Waals surface area contributed by atoms with Crippen LogP contribution in [0.4, 0.5) is 0 Å². The Morgan fingerprint density at radius 1 is 1.10 bits per heavy atom. The number of aromatic nitrogens is 2. The number of hydrogen-bond donors (Lipinski definition) is 1. The van der Waals surface area contributed by atoms with Crippen LogP contribution in [0.3, 0.4) is 0 Å². The van der Waals surface area contributed by atoms with Crippen LogP contribution in [0.5, 0.6) is 0 Å². The van der Waals surface area contributed by atoms with Gasteiger partial charge in [0, 0.05) is 6.54 Å². The summed E-state index contributed by atoms with van der Waals surface area (Å²) in [5, 5.41) is 3.89. The van der Waals surface area contributed by atoms with Crippen LogP contribution in [0.15, 0.2) is 64.5 Å². The van der Waals surface area contributed by atoms with Crippen molar-refractivity contribution in [1.29, 1.82) is 0 Å². The third-order valence-electron chi connectivity index (χ3n) is 4.71. The predicted molar refractivity (Wildman–Crippen MR) is 120 cm³/mol. The van der Waals surface area contributed by atoms with Crippen molar-refractivity contribution in [1.82, 2.24) is 14.9 Å². The SMILES string of the molecule is CCCn1c(SCC(=O)N[C@H](Cc2ccccc2)C(C)=O)nc2ccccc2c1=O. The number of amides is 1. The second kappa shape index (κ2) is 10.2. The Balaban J connectivity index is 1.73. The number of thioether (sulfide) groups is 1. The van der Waals surface area contributed by atoms with Crippen LogP contribution in [-0.4, -0.2) is 33.0 Å². The molecule has 0 bridgehead atoms. The molecule has 6 nitrogen and oxygen atoms in total. The maximum absolute atomic E-state index is 12.8. The Labute approximate surface area is 179 Å². The highest BCUT2D eigenvalue weighted by Crippen LogP contribution is 2.18. The number of nitrogens with zero attached hydrogens (tertiary/aromatic N) is 2. The number of hydrogen-bond acceptors (Lipinski definition) is 5. The lowest BCUT2D eigenvalue weighted by atomic mass is 10.0. The molecule has 0 fully saturated rings. The summed E-state index contributed by atoms with van der Waals surface area (Å²) in [6.45, 7) is 4.00. The van der Waals surface area contributed by atoms with E-state index in [9.17, 15) is 14.4 Å². The summed E-state index contributed by atoms with van der Waals surface area (Å²) in [5.74, 6) is -0.280. The van der Waals surface area contributed by atoms with E-state index in [4.69, 9.17) is 0 Å². The average Bonchev–Trinajstić information content (AvgIpc) is 2.75. The molecule has 1 heterocycles. The zero-order valence-corrected chi connectivity index (χ0v) is 17.9. The third-order valence-corrected chi connectivity index (χ3v) is 5.69. The van der Waals surface area contributed by atoms with Crippen LogP contribution in [0.1, 0.15) is 25.8 Å². The molecule has 0 aliphatic carbocycles. The van der Waals surface area contributed by atoms with E-state index in [0.717, 1.165) is 12.0 Å². The molecular weight excluding hydrogens is 398 g/mol. The fraction of sp³-hybridized carbons (Fsp3) is 0.304. The van der Waals surface area contributed by atoms with Crippen molar-refractivity contribution in [3.8, 4) is 0 Å². The van der Waals surface area contributed by atoms with E-state index >= 15 is 0 Å². The van der Waals surface area contributed by atoms with E-state index in [0.29, 0.717) is 29.0 Å². The van der Waals surface area contributed by atoms with Crippen LogP contribution in [-0.2, 0) is 22.6 Å². The highest BCUT2D eigenvalue weighted by Gasteiger charge is 2.19. The molecule has 0 aliphatic rings. The minimum Gasteiger partial charge on any atom is -0.345 e. The van der Waals surface area contributed by atoms with Gasteiger partial charge < -0.3 is 5.32 Å². The Hall–Kier alpha value is -2.93. The second-order valence-corrected chi connectivity index (χ2v) is 8.02. The summed E-state index contributed by atoms with van der Waals surface area (Å²) < 4.78 is 1.62. The number of fused-ring (bicyclic) bond motifs is 1. The monoisotopic (exact) mass is 423 g/mol. The van der Waals surface area contributed by atoms with Crippen LogP contribution in [0.25, 0.3) is 10.9 Å². The lowest BCUT2D eigenvalue weighted by molar-refractivity contribution is -0.125. The molecule has 1 atom stereocenters. The molecule has 0 saturated heterocycles. The maximum Gasteiger partial charge on any atom is 0.262 e. The van der Waals surface area contributed by atoms with Gasteiger partial charge in [-0.1, -0.05) is 61.2 Å². The van der Waals surface area contributed by atoms with Crippen molar-refractivity contribution < 1.29 is 9.59 Å². The third kappa shape index (κ3) is 5.36. The molecule has 0 spiro atoms. The first-order chi connectivity index (χ1) is 14.5. The fourth-order valence-corrected chi connectivity index (χ4v) is 4.03. The van der Waals surface area contributed by atoms with Gasteiger partial charge in [-0.15, -0.1) is 0 Å². The number of rotatable bonds is 9. The summed E-state index contributed by atoms with van der Waals surface area (Å²) in [6.07, 6.45) is 1.23. The largest absolute Gasteiger partial charge is 0.345 e. The fourth-order valence-electron chi connectivity index (χ4n) is 3.19. The average molecular weight is 424 g/mol. The quantitative estimate of drug-likeness (QED) is 0.422. The molecule has 1 N–H and O–H groups in total. The van der Waals surface area contributed by atoms with Crippen LogP contribution in [0, 0.1) is 0 Å². The van der Waals surface area contributed by atoms with Gasteiger partial charge >= 0.3 is 0 Å². The first kappa shape index (κ1) is 21.8. The van der Waals surface area contributed by atoms with Crippen molar-refractivity contribution in [2.75, 3.05) is 5.75 Å². The van der Waals surface area contributed by atoms with Crippen LogP contribution in [0.2, 0.25) is 0 Å². The van der Waals surface area contributed by atoms with Crippen LogP contribution < -0.4 is 10.9 Å². The molecule has 3 aromatic rings. The Morgan fingerprint density at radius 2 is 1.80 bits per heavy atom. The van der Waals surface area contributed by atoms with Gasteiger partial charge in [0.25, 0.3) is 5.56 Å². The van der Waals surface area contributed by atoms with E-state index in [1.807, 2.05) is 49.4 Å². The molecule has 2 aromatic carbocycles. The standard InChI is InChI=1S/C23H25N3O3S/c1-3-13-26-22(29)18-11-7-8-12-19(18)25-23(26)30-15-21(28)24-20(16(2)27)14-17-9-5-4-6-10-17/h4-12,20H,3,13-15H2,1-2H3,(H,24,28)/t20-/m1/s1. The normalized spacial score (nSPS) is 11.9. The van der Waals surface area contributed by atoms with E-state index < -0.39 is 6.04 Å². The Kier molecular flexibility index (Phi) is 7.41. The first-order valence-electron chi connectivity index (χ1n) is 9.95. The molecule has 0 aliphatic heterocycles. The van der Waals surface area contributed by atoms with E-state index in [1.54, 1.807) is 16.7 Å². The second-order valence-electron chi connectivity index (χ2n) is 7.08. The molecule has 3 rings (SSSR count). The minimum absolute atomic E-state index is 0.0765. The number of para-hydroxylation sites is 1. The summed E-state index contributed by atoms with van der Waals surface area (Å²) in [6, 6.07) is 16.2. The lowest BCUT2D eigenvalue weighted by Crippen LogP contribution is -2.42. The molecule has 0 unspecified atom stereocenters. The van der Waals surface area contributed by atoms with Gasteiger partial charge in [-0.3, -0.25) is 19.0 Å². The summed E-state index contributed by atoms with van der Waals surface area (Å²) >= 11 is 1.21. The van der Waals surface area contributed by atoms with Crippen molar-refractivity contribution in [3.63, 3.8) is 0 Å². The highest BCUT2D eigenvalue weighted by atomic mass is 32.2. The van der Waals surface area contributed by atoms with Crippen molar-refractivity contribution in [2.24, 2.45) is 0 Å². The van der Waals surface area contributed by atoms with Crippen LogP contribution >= 0.6 is 11.8 Å². The number of carbonyl (C=O) groups excluding carboxylic acids is 2. The van der Waals surface area contributed by atoms with Gasteiger partial charge in [0.1, 0.15) is 0 Å². The van der Waals surface area contributed by atoms with Gasteiger partial charge in [-0.05, 0) is 37.5 Å². The molecular formula is C23H25N3O3S. The van der Waals surface area contributed by atoms with E-state index in [2.05, 4.69) is 10.3 Å². The number of Topliss-reactive ketones (excluding diaryl/α,β-unsaturated/α-hetero) is 1. The van der Waals surface area contributed by atoms with Gasteiger partial charge in [0.15, 0.2) is 10.9 Å². The molecule has 1 aromatic heterocycles. The lowest BCUT2D eigenvalue weighted by Gasteiger charge is -2.16. The number of nitrogens with one attached hydrogen (secondary N) is 1. The summed E-state index contributed by atoms with van der Waals surface area (Å²) in [7, 11) is 0. The number of ketones is 1. The summed E-state index contributed by atoms with van der Waals surface area (Å²) in [5.41, 5.74) is 1.50. The van der Waals surface area contributed by atoms with Gasteiger partial charge in [-0.25, -0.2) is 4.98 Å². The van der Waals surface area contributed by atoms with Crippen molar-refractivity contribution in [2.45, 2.75) is 44.4 Å². The van der Waals surface area contributed by atoms with Crippen molar-refractivity contribution in [3.05, 3.63) is 70.5 Å².